The Morgan fingerprint density at radius 2 is 1.75 bits per heavy atom. The molecule has 28 heavy (non-hydrogen) atoms. The number of nitrogens with one attached hydrogen (secondary N) is 3. The van der Waals surface area contributed by atoms with E-state index in [1.807, 2.05) is 18.2 Å². The molecular formula is C20H19N3O5. The van der Waals surface area contributed by atoms with Gasteiger partial charge >= 0.3 is 12.0 Å². The lowest BCUT2D eigenvalue weighted by Gasteiger charge is -2.09. The second kappa shape index (κ2) is 8.26. The molecule has 0 radical (unpaired) electrons. The molecule has 8 heteroatoms. The number of hydrogen-bond donors (Lipinski definition) is 3. The third-order valence-corrected chi connectivity index (χ3v) is 3.99. The van der Waals surface area contributed by atoms with Crippen molar-refractivity contribution in [3.8, 4) is 0 Å². The van der Waals surface area contributed by atoms with Crippen molar-refractivity contribution >= 4 is 34.6 Å². The molecule has 1 aromatic heterocycles. The highest BCUT2D eigenvalue weighted by Gasteiger charge is 2.18. The molecule has 0 saturated carbocycles. The summed E-state index contributed by atoms with van der Waals surface area (Å²) in [6, 6.07) is 13.5. The Balaban J connectivity index is 1.65. The van der Waals surface area contributed by atoms with Crippen molar-refractivity contribution in [3.63, 3.8) is 0 Å². The number of anilines is 1. The molecule has 1 heterocycles. The molecule has 0 aliphatic rings. The van der Waals surface area contributed by atoms with E-state index in [2.05, 4.69) is 16.2 Å². The SMILES string of the molecule is CCOC(=O)Nc1cccc(C(=O)NNC(=O)c2oc3ccccc3c2C)c1. The van der Waals surface area contributed by atoms with Gasteiger partial charge in [0.1, 0.15) is 5.58 Å². The van der Waals surface area contributed by atoms with Crippen LogP contribution < -0.4 is 16.2 Å². The third-order valence-electron chi connectivity index (χ3n) is 3.99. The zero-order valence-corrected chi connectivity index (χ0v) is 15.4. The van der Waals surface area contributed by atoms with Crippen LogP contribution in [0.3, 0.4) is 0 Å². The van der Waals surface area contributed by atoms with Crippen molar-refractivity contribution < 1.29 is 23.5 Å². The Morgan fingerprint density at radius 3 is 2.50 bits per heavy atom. The summed E-state index contributed by atoms with van der Waals surface area (Å²) in [5.41, 5.74) is 6.58. The number of carbonyl (C=O) groups is 3. The summed E-state index contributed by atoms with van der Waals surface area (Å²) in [6.45, 7) is 3.70. The number of amides is 3. The van der Waals surface area contributed by atoms with E-state index in [1.54, 1.807) is 38.1 Å². The number of aryl methyl sites for hydroxylation is 1. The minimum Gasteiger partial charge on any atom is -0.451 e. The predicted octanol–water partition coefficient (Wildman–Crippen LogP) is 3.38. The summed E-state index contributed by atoms with van der Waals surface area (Å²) < 4.78 is 10.4. The third kappa shape index (κ3) is 4.12. The van der Waals surface area contributed by atoms with Crippen LogP contribution in [-0.4, -0.2) is 24.5 Å². The maximum atomic E-state index is 12.4. The Labute approximate surface area is 160 Å². The first-order valence-electron chi connectivity index (χ1n) is 8.62. The second-order valence-electron chi connectivity index (χ2n) is 5.89. The molecule has 8 nitrogen and oxygen atoms in total. The topological polar surface area (TPSA) is 110 Å². The first-order valence-corrected chi connectivity index (χ1v) is 8.62. The van der Waals surface area contributed by atoms with Crippen LogP contribution in [0, 0.1) is 6.92 Å². The van der Waals surface area contributed by atoms with Crippen LogP contribution in [0.25, 0.3) is 11.0 Å². The van der Waals surface area contributed by atoms with Crippen LogP contribution in [0.1, 0.15) is 33.4 Å². The zero-order valence-electron chi connectivity index (χ0n) is 15.4. The maximum absolute atomic E-state index is 12.4. The van der Waals surface area contributed by atoms with E-state index in [0.29, 0.717) is 16.8 Å². The van der Waals surface area contributed by atoms with Crippen LogP contribution in [-0.2, 0) is 4.74 Å². The van der Waals surface area contributed by atoms with Crippen molar-refractivity contribution in [1.29, 1.82) is 0 Å². The largest absolute Gasteiger partial charge is 0.451 e. The summed E-state index contributed by atoms with van der Waals surface area (Å²) in [5, 5.41) is 3.34. The fourth-order valence-electron chi connectivity index (χ4n) is 2.66. The van der Waals surface area contributed by atoms with E-state index in [0.717, 1.165) is 5.39 Å². The summed E-state index contributed by atoms with van der Waals surface area (Å²) in [5.74, 6) is -0.989. The van der Waals surface area contributed by atoms with Crippen molar-refractivity contribution in [2.45, 2.75) is 13.8 Å². The number of carbonyl (C=O) groups excluding carboxylic acids is 3. The highest BCUT2D eigenvalue weighted by atomic mass is 16.5. The van der Waals surface area contributed by atoms with E-state index in [-0.39, 0.29) is 17.9 Å². The molecule has 0 spiro atoms. The number of para-hydroxylation sites is 1. The van der Waals surface area contributed by atoms with Gasteiger partial charge in [-0.05, 0) is 38.1 Å². The Kier molecular flexibility index (Phi) is 5.59. The molecular weight excluding hydrogens is 362 g/mol. The number of fused-ring (bicyclic) bond motifs is 1. The molecule has 2 aromatic carbocycles. The van der Waals surface area contributed by atoms with Gasteiger partial charge in [0, 0.05) is 22.2 Å². The Hall–Kier alpha value is -3.81. The summed E-state index contributed by atoms with van der Waals surface area (Å²) in [4.78, 5) is 36.1. The summed E-state index contributed by atoms with van der Waals surface area (Å²) in [6.07, 6.45) is -0.617. The van der Waals surface area contributed by atoms with Gasteiger partial charge in [0.15, 0.2) is 5.76 Å². The Morgan fingerprint density at radius 1 is 1.00 bits per heavy atom. The van der Waals surface area contributed by atoms with Crippen LogP contribution >= 0.6 is 0 Å². The monoisotopic (exact) mass is 381 g/mol. The van der Waals surface area contributed by atoms with Crippen molar-refractivity contribution in [2.75, 3.05) is 11.9 Å². The molecule has 0 atom stereocenters. The molecule has 3 aromatic rings. The van der Waals surface area contributed by atoms with Crippen molar-refractivity contribution in [1.82, 2.24) is 10.9 Å². The van der Waals surface area contributed by atoms with Gasteiger partial charge in [0.05, 0.1) is 6.61 Å². The van der Waals surface area contributed by atoms with Crippen LogP contribution in [0.4, 0.5) is 10.5 Å². The molecule has 144 valence electrons. The quantitative estimate of drug-likeness (QED) is 0.600. The van der Waals surface area contributed by atoms with E-state index in [1.165, 1.54) is 6.07 Å². The fourth-order valence-corrected chi connectivity index (χ4v) is 2.66. The zero-order chi connectivity index (χ0) is 20.1. The number of hydrazine groups is 1. The molecule has 0 unspecified atom stereocenters. The molecule has 0 aliphatic heterocycles. The van der Waals surface area contributed by atoms with Gasteiger partial charge in [-0.1, -0.05) is 24.3 Å². The lowest BCUT2D eigenvalue weighted by Crippen LogP contribution is -2.41. The van der Waals surface area contributed by atoms with Gasteiger partial charge in [0.25, 0.3) is 5.91 Å². The molecule has 0 fully saturated rings. The number of rotatable bonds is 4. The minimum absolute atomic E-state index is 0.124. The molecule has 3 N–H and O–H groups in total. The van der Waals surface area contributed by atoms with Gasteiger partial charge in [-0.25, -0.2) is 4.79 Å². The molecule has 3 amide bonds. The standard InChI is InChI=1S/C20H19N3O5/c1-3-27-20(26)21-14-8-6-7-13(11-14)18(24)22-23-19(25)17-12(2)15-9-4-5-10-16(15)28-17/h4-11H,3H2,1-2H3,(H,21,26)(H,22,24)(H,23,25). The fraction of sp³-hybridized carbons (Fsp3) is 0.150. The summed E-state index contributed by atoms with van der Waals surface area (Å²) >= 11 is 0. The van der Waals surface area contributed by atoms with Crippen molar-refractivity contribution in [2.24, 2.45) is 0 Å². The molecule has 0 bridgehead atoms. The van der Waals surface area contributed by atoms with Crippen LogP contribution in [0.15, 0.2) is 52.9 Å². The highest BCUT2D eigenvalue weighted by molar-refractivity contribution is 6.01. The van der Waals surface area contributed by atoms with Crippen molar-refractivity contribution in [3.05, 3.63) is 65.4 Å². The maximum Gasteiger partial charge on any atom is 0.411 e. The second-order valence-corrected chi connectivity index (χ2v) is 5.89. The van der Waals surface area contributed by atoms with E-state index in [4.69, 9.17) is 9.15 Å². The number of hydrogen-bond acceptors (Lipinski definition) is 5. The average molecular weight is 381 g/mol. The number of furan rings is 1. The first-order chi connectivity index (χ1) is 13.5. The van der Waals surface area contributed by atoms with E-state index < -0.39 is 17.9 Å². The normalized spacial score (nSPS) is 10.4. The van der Waals surface area contributed by atoms with Gasteiger partial charge in [-0.3, -0.25) is 25.8 Å². The predicted molar refractivity (Wildman–Crippen MR) is 103 cm³/mol. The lowest BCUT2D eigenvalue weighted by molar-refractivity contribution is 0.0831. The molecule has 0 saturated heterocycles. The van der Waals surface area contributed by atoms with Crippen LogP contribution in [0.5, 0.6) is 0 Å². The Bertz CT molecular complexity index is 1040. The molecule has 3 rings (SSSR count). The average Bonchev–Trinajstić information content (AvgIpc) is 3.03. The van der Waals surface area contributed by atoms with Gasteiger partial charge < -0.3 is 9.15 Å². The number of benzene rings is 2. The highest BCUT2D eigenvalue weighted by Crippen LogP contribution is 2.24. The number of ether oxygens (including phenoxy) is 1. The first kappa shape index (κ1) is 19.0. The van der Waals surface area contributed by atoms with Gasteiger partial charge in [-0.15, -0.1) is 0 Å². The van der Waals surface area contributed by atoms with Gasteiger partial charge in [-0.2, -0.15) is 0 Å². The molecule has 0 aliphatic carbocycles. The van der Waals surface area contributed by atoms with E-state index in [9.17, 15) is 14.4 Å². The van der Waals surface area contributed by atoms with Crippen LogP contribution in [0.2, 0.25) is 0 Å². The van der Waals surface area contributed by atoms with Gasteiger partial charge in [0.2, 0.25) is 0 Å². The van der Waals surface area contributed by atoms with E-state index >= 15 is 0 Å². The lowest BCUT2D eigenvalue weighted by atomic mass is 10.1. The summed E-state index contributed by atoms with van der Waals surface area (Å²) in [7, 11) is 0. The minimum atomic E-state index is -0.617. The smallest absolute Gasteiger partial charge is 0.411 e.